The molecule has 0 bridgehead atoms. The van der Waals surface area contributed by atoms with Gasteiger partial charge in [0, 0.05) is 10.0 Å². The third-order valence-electron chi connectivity index (χ3n) is 4.21. The van der Waals surface area contributed by atoms with E-state index in [9.17, 15) is 4.79 Å². The summed E-state index contributed by atoms with van der Waals surface area (Å²) in [6.45, 7) is 4.11. The molecule has 0 aromatic heterocycles. The molecule has 0 fully saturated rings. The molecule has 0 unspecified atom stereocenters. The minimum atomic E-state index is -0.285. The van der Waals surface area contributed by atoms with Gasteiger partial charge in [0.2, 0.25) is 0 Å². The van der Waals surface area contributed by atoms with Crippen LogP contribution in [0, 0.1) is 13.8 Å². The van der Waals surface area contributed by atoms with E-state index in [-0.39, 0.29) is 11.7 Å². The van der Waals surface area contributed by atoms with Crippen LogP contribution in [0.4, 0.5) is 0 Å². The summed E-state index contributed by atoms with van der Waals surface area (Å²) in [4.78, 5) is 13.2. The van der Waals surface area contributed by atoms with Crippen molar-refractivity contribution in [2.45, 2.75) is 19.8 Å². The van der Waals surface area contributed by atoms with Crippen LogP contribution in [-0.2, 0) is 0 Å². The number of Topliss-reactive ketones (excluding diaryl/α,β-unsaturated/α-hetero) is 1. The number of hydrogen-bond donors (Lipinski definition) is 0. The van der Waals surface area contributed by atoms with Crippen LogP contribution in [0.5, 0.6) is 0 Å². The van der Waals surface area contributed by atoms with Gasteiger partial charge in [-0.2, -0.15) is 0 Å². The van der Waals surface area contributed by atoms with Crippen LogP contribution in [0.2, 0.25) is 0 Å². The normalized spacial score (nSPS) is 10.8. The van der Waals surface area contributed by atoms with Crippen molar-refractivity contribution in [1.29, 1.82) is 0 Å². The lowest BCUT2D eigenvalue weighted by molar-refractivity contribution is 0.0974. The lowest BCUT2D eigenvalue weighted by Gasteiger charge is -2.18. The van der Waals surface area contributed by atoms with Gasteiger partial charge in [-0.3, -0.25) is 4.79 Å². The molecular formula is C22H19BrO. The molecule has 0 spiro atoms. The highest BCUT2D eigenvalue weighted by atomic mass is 79.9. The fourth-order valence-electron chi connectivity index (χ4n) is 2.79. The largest absolute Gasteiger partial charge is 0.293 e. The Morgan fingerprint density at radius 2 is 1.12 bits per heavy atom. The van der Waals surface area contributed by atoms with Crippen molar-refractivity contribution in [1.82, 2.24) is 0 Å². The van der Waals surface area contributed by atoms with E-state index in [0.717, 1.165) is 21.2 Å². The van der Waals surface area contributed by atoms with Gasteiger partial charge in [-0.25, -0.2) is 0 Å². The summed E-state index contributed by atoms with van der Waals surface area (Å²) in [5.41, 5.74) is 5.16. The Bertz CT molecular complexity index is 785. The van der Waals surface area contributed by atoms with Crippen LogP contribution in [0.15, 0.2) is 77.3 Å². The quantitative estimate of drug-likeness (QED) is 0.502. The minimum absolute atomic E-state index is 0.121. The third kappa shape index (κ3) is 3.65. The number of halogens is 1. The van der Waals surface area contributed by atoms with E-state index in [1.807, 2.05) is 24.3 Å². The second-order valence-electron chi connectivity index (χ2n) is 6.13. The maximum atomic E-state index is 13.2. The molecule has 24 heavy (non-hydrogen) atoms. The van der Waals surface area contributed by atoms with E-state index < -0.39 is 0 Å². The highest BCUT2D eigenvalue weighted by molar-refractivity contribution is 9.10. The fraction of sp³-hybridized carbons (Fsp3) is 0.136. The Morgan fingerprint density at radius 1 is 0.708 bits per heavy atom. The third-order valence-corrected chi connectivity index (χ3v) is 4.74. The van der Waals surface area contributed by atoms with E-state index in [2.05, 4.69) is 78.3 Å². The molecule has 3 aromatic carbocycles. The van der Waals surface area contributed by atoms with Gasteiger partial charge in [0.15, 0.2) is 5.78 Å². The lowest BCUT2D eigenvalue weighted by Crippen LogP contribution is -2.14. The SMILES string of the molecule is Cc1ccc(C(C(=O)c2ccc(Br)cc2)c2ccc(C)cc2)cc1. The van der Waals surface area contributed by atoms with Crippen molar-refractivity contribution in [3.8, 4) is 0 Å². The summed E-state index contributed by atoms with van der Waals surface area (Å²) >= 11 is 3.43. The highest BCUT2D eigenvalue weighted by Gasteiger charge is 2.23. The Balaban J connectivity index is 2.07. The zero-order valence-electron chi connectivity index (χ0n) is 13.8. The van der Waals surface area contributed by atoms with Gasteiger partial charge >= 0.3 is 0 Å². The summed E-state index contributed by atoms with van der Waals surface area (Å²) in [7, 11) is 0. The topological polar surface area (TPSA) is 17.1 Å². The maximum Gasteiger partial charge on any atom is 0.174 e. The van der Waals surface area contributed by atoms with Gasteiger partial charge in [-0.1, -0.05) is 87.7 Å². The van der Waals surface area contributed by atoms with Gasteiger partial charge in [0.1, 0.15) is 0 Å². The van der Waals surface area contributed by atoms with E-state index >= 15 is 0 Å². The van der Waals surface area contributed by atoms with Crippen LogP contribution in [0.25, 0.3) is 0 Å². The number of benzene rings is 3. The van der Waals surface area contributed by atoms with Gasteiger partial charge < -0.3 is 0 Å². The number of carbonyl (C=O) groups excluding carboxylic acids is 1. The monoisotopic (exact) mass is 378 g/mol. The average molecular weight is 379 g/mol. The van der Waals surface area contributed by atoms with Crippen LogP contribution < -0.4 is 0 Å². The van der Waals surface area contributed by atoms with Crippen molar-refractivity contribution in [3.63, 3.8) is 0 Å². The molecule has 0 atom stereocenters. The molecule has 0 aliphatic heterocycles. The molecule has 0 N–H and O–H groups in total. The first kappa shape index (κ1) is 16.7. The fourth-order valence-corrected chi connectivity index (χ4v) is 3.06. The molecule has 0 heterocycles. The maximum absolute atomic E-state index is 13.2. The average Bonchev–Trinajstić information content (AvgIpc) is 2.59. The van der Waals surface area contributed by atoms with Gasteiger partial charge in [-0.05, 0) is 37.1 Å². The van der Waals surface area contributed by atoms with Crippen molar-refractivity contribution in [3.05, 3.63) is 105 Å². The van der Waals surface area contributed by atoms with Gasteiger partial charge in [0.05, 0.1) is 5.92 Å². The van der Waals surface area contributed by atoms with Gasteiger partial charge in [0.25, 0.3) is 0 Å². The van der Waals surface area contributed by atoms with Crippen LogP contribution >= 0.6 is 15.9 Å². The summed E-state index contributed by atoms with van der Waals surface area (Å²) in [5, 5.41) is 0. The number of carbonyl (C=O) groups is 1. The standard InChI is InChI=1S/C22H19BrO/c1-15-3-7-17(8-4-15)21(18-9-5-16(2)6-10-18)22(24)19-11-13-20(23)14-12-19/h3-14,21H,1-2H3. The molecular weight excluding hydrogens is 360 g/mol. The smallest absolute Gasteiger partial charge is 0.174 e. The second-order valence-corrected chi connectivity index (χ2v) is 7.04. The molecule has 2 heteroatoms. The van der Waals surface area contributed by atoms with E-state index in [4.69, 9.17) is 0 Å². The summed E-state index contributed by atoms with van der Waals surface area (Å²) in [6.07, 6.45) is 0. The Hall–Kier alpha value is -2.19. The molecule has 3 aromatic rings. The van der Waals surface area contributed by atoms with Crippen LogP contribution in [0.1, 0.15) is 38.5 Å². The van der Waals surface area contributed by atoms with Crippen LogP contribution in [-0.4, -0.2) is 5.78 Å². The van der Waals surface area contributed by atoms with Crippen molar-refractivity contribution in [2.24, 2.45) is 0 Å². The molecule has 0 saturated heterocycles. The lowest BCUT2D eigenvalue weighted by atomic mass is 9.84. The second kappa shape index (κ2) is 7.14. The molecule has 3 rings (SSSR count). The number of hydrogen-bond acceptors (Lipinski definition) is 1. The van der Waals surface area contributed by atoms with Crippen LogP contribution in [0.3, 0.4) is 0 Å². The zero-order chi connectivity index (χ0) is 17.1. The molecule has 1 nitrogen and oxygen atoms in total. The first-order valence-corrected chi connectivity index (χ1v) is 8.77. The highest BCUT2D eigenvalue weighted by Crippen LogP contribution is 2.29. The molecule has 120 valence electrons. The molecule has 0 amide bonds. The number of ketones is 1. The molecule has 0 aliphatic carbocycles. The summed E-state index contributed by atoms with van der Waals surface area (Å²) in [5.74, 6) is -0.164. The Kier molecular flexibility index (Phi) is 4.96. The van der Waals surface area contributed by atoms with Crippen molar-refractivity contribution in [2.75, 3.05) is 0 Å². The van der Waals surface area contributed by atoms with Crippen molar-refractivity contribution < 1.29 is 4.79 Å². The molecule has 0 radical (unpaired) electrons. The van der Waals surface area contributed by atoms with Crippen molar-refractivity contribution >= 4 is 21.7 Å². The predicted molar refractivity (Wildman–Crippen MR) is 103 cm³/mol. The molecule has 0 aliphatic rings. The molecule has 0 saturated carbocycles. The zero-order valence-corrected chi connectivity index (χ0v) is 15.4. The van der Waals surface area contributed by atoms with E-state index in [0.29, 0.717) is 0 Å². The Labute approximate surface area is 151 Å². The number of rotatable bonds is 4. The Morgan fingerprint density at radius 3 is 1.54 bits per heavy atom. The van der Waals surface area contributed by atoms with E-state index in [1.54, 1.807) is 0 Å². The predicted octanol–water partition coefficient (Wildman–Crippen LogP) is 6.08. The first-order chi connectivity index (χ1) is 11.5. The van der Waals surface area contributed by atoms with Gasteiger partial charge in [-0.15, -0.1) is 0 Å². The van der Waals surface area contributed by atoms with E-state index in [1.165, 1.54) is 11.1 Å². The first-order valence-electron chi connectivity index (χ1n) is 7.97. The number of aryl methyl sites for hydroxylation is 2. The minimum Gasteiger partial charge on any atom is -0.293 e. The summed E-state index contributed by atoms with van der Waals surface area (Å²) in [6, 6.07) is 24.0. The summed E-state index contributed by atoms with van der Waals surface area (Å²) < 4.78 is 0.973.